The highest BCUT2D eigenvalue weighted by Crippen LogP contribution is 2.11. The third-order valence-corrected chi connectivity index (χ3v) is 4.25. The van der Waals surface area contributed by atoms with E-state index in [0.29, 0.717) is 13.0 Å². The molecule has 0 fully saturated rings. The molecule has 0 heterocycles. The molecule has 0 aliphatic carbocycles. The predicted octanol–water partition coefficient (Wildman–Crippen LogP) is 5.36. The lowest BCUT2D eigenvalue weighted by Crippen LogP contribution is -2.05. The molecular weight excluding hydrogens is 300 g/mol. The van der Waals surface area contributed by atoms with Crippen molar-refractivity contribution in [2.45, 2.75) is 117 Å². The van der Waals surface area contributed by atoms with E-state index in [1.165, 1.54) is 83.5 Å². The first-order valence-electron chi connectivity index (χ1n) is 9.96. The van der Waals surface area contributed by atoms with E-state index in [-0.39, 0.29) is 16.9 Å². The Bertz CT molecular complexity index is 232. The molecule has 23 heavy (non-hydrogen) atoms. The van der Waals surface area contributed by atoms with E-state index in [1.807, 2.05) is 0 Å². The number of carbonyl (C=O) groups excluding carboxylic acids is 1. The molecule has 140 valence electrons. The Morgan fingerprint density at radius 2 is 1.00 bits per heavy atom. The molecule has 0 spiro atoms. The van der Waals surface area contributed by atoms with Crippen molar-refractivity contribution in [1.29, 1.82) is 0 Å². The van der Waals surface area contributed by atoms with Gasteiger partial charge in [0.2, 0.25) is 0 Å². The lowest BCUT2D eigenvalue weighted by atomic mass is 10.1. The van der Waals surface area contributed by atoms with E-state index < -0.39 is 0 Å². The Kier molecular flexibility index (Phi) is 23.5. The smallest absolute Gasteiger partial charge is 0.305 e. The Morgan fingerprint density at radius 1 is 0.609 bits per heavy atom. The summed E-state index contributed by atoms with van der Waals surface area (Å²) in [6.45, 7) is 5.11. The van der Waals surface area contributed by atoms with Gasteiger partial charge in [-0.25, -0.2) is 0 Å². The van der Waals surface area contributed by atoms with Gasteiger partial charge in [-0.3, -0.25) is 4.79 Å². The van der Waals surface area contributed by atoms with Crippen LogP contribution in [0.5, 0.6) is 0 Å². The Morgan fingerprint density at radius 3 is 1.48 bits per heavy atom. The van der Waals surface area contributed by atoms with E-state index in [2.05, 4.69) is 13.8 Å². The van der Waals surface area contributed by atoms with Gasteiger partial charge in [-0.05, 0) is 23.8 Å². The number of unbranched alkanes of at least 4 members (excludes halogenated alkanes) is 13. The van der Waals surface area contributed by atoms with Gasteiger partial charge >= 0.3 is 5.97 Å². The standard InChI is InChI=1S/C20H40O2.H4Si/c1-3-5-7-9-11-12-13-14-16-18-20(21)22-19-17-15-10-8-6-4-2;/h3-19H2,1-2H3;1H4. The van der Waals surface area contributed by atoms with Gasteiger partial charge in [-0.2, -0.15) is 0 Å². The van der Waals surface area contributed by atoms with Crippen molar-refractivity contribution >= 4 is 16.9 Å². The highest BCUT2D eigenvalue weighted by atomic mass is 28.1. The van der Waals surface area contributed by atoms with Crippen molar-refractivity contribution in [3.8, 4) is 0 Å². The summed E-state index contributed by atoms with van der Waals surface area (Å²) in [6.07, 6.45) is 19.7. The fourth-order valence-electron chi connectivity index (χ4n) is 2.72. The monoisotopic (exact) mass is 344 g/mol. The molecule has 0 atom stereocenters. The summed E-state index contributed by atoms with van der Waals surface area (Å²) in [5, 5.41) is 0. The minimum atomic E-state index is 0. The largest absolute Gasteiger partial charge is 0.466 e. The lowest BCUT2D eigenvalue weighted by molar-refractivity contribution is -0.143. The molecule has 0 saturated carbocycles. The molecule has 3 heteroatoms. The maximum atomic E-state index is 11.6. The maximum absolute atomic E-state index is 11.6. The summed E-state index contributed by atoms with van der Waals surface area (Å²) in [5.74, 6) is 0.0107. The number of esters is 1. The van der Waals surface area contributed by atoms with Gasteiger partial charge in [0.1, 0.15) is 0 Å². The fourth-order valence-corrected chi connectivity index (χ4v) is 2.72. The van der Waals surface area contributed by atoms with Crippen LogP contribution in [0.4, 0.5) is 0 Å². The van der Waals surface area contributed by atoms with Gasteiger partial charge in [0, 0.05) is 6.42 Å². The summed E-state index contributed by atoms with van der Waals surface area (Å²) >= 11 is 0. The van der Waals surface area contributed by atoms with Gasteiger partial charge < -0.3 is 4.74 Å². The van der Waals surface area contributed by atoms with Crippen LogP contribution in [0.25, 0.3) is 0 Å². The molecule has 0 radical (unpaired) electrons. The highest BCUT2D eigenvalue weighted by Gasteiger charge is 2.02. The third-order valence-electron chi connectivity index (χ3n) is 4.25. The maximum Gasteiger partial charge on any atom is 0.305 e. The molecule has 0 N–H and O–H groups in total. The molecule has 0 aromatic heterocycles. The van der Waals surface area contributed by atoms with Crippen molar-refractivity contribution < 1.29 is 9.53 Å². The second-order valence-electron chi connectivity index (χ2n) is 6.57. The molecule has 2 nitrogen and oxygen atoms in total. The second kappa shape index (κ2) is 21.7. The van der Waals surface area contributed by atoms with Crippen LogP contribution in [0.1, 0.15) is 117 Å². The van der Waals surface area contributed by atoms with Crippen LogP contribution in [0.3, 0.4) is 0 Å². The molecular formula is C20H44O2Si. The molecule has 0 aliphatic rings. The first kappa shape index (κ1) is 24.9. The van der Waals surface area contributed by atoms with Crippen LogP contribution in [0, 0.1) is 0 Å². The van der Waals surface area contributed by atoms with E-state index in [9.17, 15) is 4.79 Å². The van der Waals surface area contributed by atoms with Gasteiger partial charge in [-0.1, -0.05) is 97.3 Å². The van der Waals surface area contributed by atoms with Crippen LogP contribution >= 0.6 is 0 Å². The summed E-state index contributed by atoms with van der Waals surface area (Å²) in [5.41, 5.74) is 0. The summed E-state index contributed by atoms with van der Waals surface area (Å²) in [6, 6.07) is 0. The van der Waals surface area contributed by atoms with Gasteiger partial charge in [0.15, 0.2) is 0 Å². The van der Waals surface area contributed by atoms with Crippen LogP contribution in [-0.4, -0.2) is 23.5 Å². The molecule has 0 rings (SSSR count). The van der Waals surface area contributed by atoms with Crippen LogP contribution in [-0.2, 0) is 9.53 Å². The van der Waals surface area contributed by atoms with Crippen LogP contribution in [0.15, 0.2) is 0 Å². The zero-order valence-electron chi connectivity index (χ0n) is 15.3. The van der Waals surface area contributed by atoms with E-state index >= 15 is 0 Å². The number of carbonyl (C=O) groups is 1. The second-order valence-corrected chi connectivity index (χ2v) is 6.57. The van der Waals surface area contributed by atoms with Gasteiger partial charge in [-0.15, -0.1) is 0 Å². The SMILES string of the molecule is CCCCCCCCCCCC(=O)OCCCCCCCC.[SiH4]. The molecule has 0 unspecified atom stereocenters. The fraction of sp³-hybridized carbons (Fsp3) is 0.950. The van der Waals surface area contributed by atoms with Crippen molar-refractivity contribution in [3.63, 3.8) is 0 Å². The van der Waals surface area contributed by atoms with E-state index in [0.717, 1.165) is 12.8 Å². The molecule has 0 aromatic rings. The number of rotatable bonds is 17. The molecule has 0 aliphatic heterocycles. The topological polar surface area (TPSA) is 26.3 Å². The Hall–Kier alpha value is -0.313. The molecule has 0 amide bonds. The highest BCUT2D eigenvalue weighted by molar-refractivity contribution is 5.75. The Labute approximate surface area is 150 Å². The average Bonchev–Trinajstić information content (AvgIpc) is 2.52. The van der Waals surface area contributed by atoms with Crippen molar-refractivity contribution in [2.75, 3.05) is 6.61 Å². The zero-order valence-corrected chi connectivity index (χ0v) is 15.3. The van der Waals surface area contributed by atoms with Crippen LogP contribution < -0.4 is 0 Å². The van der Waals surface area contributed by atoms with Gasteiger partial charge in [0.25, 0.3) is 0 Å². The molecule has 0 aromatic carbocycles. The number of hydrogen-bond acceptors (Lipinski definition) is 2. The first-order valence-corrected chi connectivity index (χ1v) is 9.96. The lowest BCUT2D eigenvalue weighted by Gasteiger charge is -2.05. The molecule has 0 saturated heterocycles. The minimum absolute atomic E-state index is 0. The summed E-state index contributed by atoms with van der Waals surface area (Å²) in [7, 11) is 0. The summed E-state index contributed by atoms with van der Waals surface area (Å²) in [4.78, 5) is 11.6. The number of ether oxygens (including phenoxy) is 1. The third kappa shape index (κ3) is 21.7. The van der Waals surface area contributed by atoms with Crippen molar-refractivity contribution in [1.82, 2.24) is 0 Å². The van der Waals surface area contributed by atoms with E-state index in [4.69, 9.17) is 4.74 Å². The number of hydrogen-bond donors (Lipinski definition) is 0. The Balaban J connectivity index is 0. The van der Waals surface area contributed by atoms with Crippen LogP contribution in [0.2, 0.25) is 0 Å². The minimum Gasteiger partial charge on any atom is -0.466 e. The van der Waals surface area contributed by atoms with Gasteiger partial charge in [0.05, 0.1) is 6.61 Å². The van der Waals surface area contributed by atoms with Crippen molar-refractivity contribution in [3.05, 3.63) is 0 Å². The quantitative estimate of drug-likeness (QED) is 0.202. The summed E-state index contributed by atoms with van der Waals surface area (Å²) < 4.78 is 5.28. The average molecular weight is 345 g/mol. The predicted molar refractivity (Wildman–Crippen MR) is 108 cm³/mol. The van der Waals surface area contributed by atoms with E-state index in [1.54, 1.807) is 0 Å². The normalized spacial score (nSPS) is 10.3. The zero-order chi connectivity index (χ0) is 16.3. The molecule has 0 bridgehead atoms. The van der Waals surface area contributed by atoms with Crippen molar-refractivity contribution in [2.24, 2.45) is 0 Å². The first-order chi connectivity index (χ1) is 10.8.